The summed E-state index contributed by atoms with van der Waals surface area (Å²) in [7, 11) is -0.694. The lowest BCUT2D eigenvalue weighted by molar-refractivity contribution is -1.92. The van der Waals surface area contributed by atoms with Crippen molar-refractivity contribution in [2.24, 2.45) is 5.64 Å². The van der Waals surface area contributed by atoms with Crippen molar-refractivity contribution >= 4 is 7.98 Å². The average molecular weight is 127 g/mol. The second-order valence-electron chi connectivity index (χ2n) is 0.396. The Morgan fingerprint density at radius 2 is 1.29 bits per heavy atom. The van der Waals surface area contributed by atoms with Gasteiger partial charge in [-0.1, -0.05) is 0 Å². The van der Waals surface area contributed by atoms with Gasteiger partial charge in [-0.05, 0) is 0 Å². The second-order valence-corrected chi connectivity index (χ2v) is 1.19. The summed E-state index contributed by atoms with van der Waals surface area (Å²) in [5.41, 5.74) is 4.00. The first-order chi connectivity index (χ1) is 3.00. The van der Waals surface area contributed by atoms with Crippen molar-refractivity contribution in [3.63, 3.8) is 0 Å². The van der Waals surface area contributed by atoms with Gasteiger partial charge >= 0.3 is 0 Å². The Morgan fingerprint density at radius 3 is 1.29 bits per heavy atom. The molecule has 0 aromatic rings. The van der Waals surface area contributed by atoms with E-state index >= 15 is 0 Å². The third kappa shape index (κ3) is 4430. The lowest BCUT2D eigenvalue weighted by atomic mass is 10.5. The summed E-state index contributed by atoms with van der Waals surface area (Å²) in [4.78, 5) is 0. The lowest BCUT2D eigenvalue weighted by Gasteiger charge is -2.03. The Morgan fingerprint density at radius 1 is 1.29 bits per heavy atom. The molecule has 0 saturated heterocycles. The summed E-state index contributed by atoms with van der Waals surface area (Å²) < 4.78 is 32.7. The molecule has 3 N–H and O–H groups in total. The van der Waals surface area contributed by atoms with Crippen LogP contribution < -0.4 is 19.6 Å². The van der Waals surface area contributed by atoms with Gasteiger partial charge in [0.1, 0.15) is 0 Å². The minimum absolute atomic E-state index is 4.00. The van der Waals surface area contributed by atoms with Crippen LogP contribution in [0.3, 0.4) is 0 Å². The molecule has 0 aromatic carbocycles. The molecular weight excluding hydrogens is 124 g/mol. The molecule has 0 aliphatic heterocycles. The van der Waals surface area contributed by atoms with E-state index in [9.17, 15) is 0 Å². The molecule has 42 valence electrons. The first-order valence-electron chi connectivity index (χ1n) is 0.965. The third-order valence-electron chi connectivity index (χ3n) is 0. The highest BCUT2D eigenvalue weighted by molar-refractivity contribution is 6.02. The summed E-state index contributed by atoms with van der Waals surface area (Å²) in [6, 6.07) is 0. The van der Waals surface area contributed by atoms with E-state index in [-0.39, 0.29) is 0 Å². The van der Waals surface area contributed by atoms with E-state index in [1.54, 1.807) is 0 Å². The zero-order chi connectivity index (χ0) is 6.50. The van der Waals surface area contributed by atoms with E-state index in [4.69, 9.17) is 18.6 Å². The SMILES string of the molecule is [B]N.[O-][Cl+3]([O-])([O-])O. The van der Waals surface area contributed by atoms with E-state index in [1.165, 1.54) is 0 Å². The predicted octanol–water partition coefficient (Wildman–Crippen LogP) is -5.10. The highest BCUT2D eigenvalue weighted by Crippen LogP contribution is 1.60. The Bertz CT molecular complexity index is 27.2. The number of halogens is 1. The van der Waals surface area contributed by atoms with E-state index in [2.05, 4.69) is 13.6 Å². The van der Waals surface area contributed by atoms with E-state index in [1.807, 2.05) is 0 Å². The molecule has 7 heteroatoms. The van der Waals surface area contributed by atoms with Gasteiger partial charge in [0.15, 0.2) is 7.98 Å². The monoisotopic (exact) mass is 127 g/mol. The van der Waals surface area contributed by atoms with Crippen LogP contribution in [0.5, 0.6) is 0 Å². The molecule has 0 rings (SSSR count). The molecule has 0 amide bonds. The van der Waals surface area contributed by atoms with Gasteiger partial charge in [0.25, 0.3) is 0 Å². The summed E-state index contributed by atoms with van der Waals surface area (Å²) in [6.45, 7) is 0. The quantitative estimate of drug-likeness (QED) is 0.316. The maximum absolute atomic E-state index is 8.60. The number of rotatable bonds is 0. The van der Waals surface area contributed by atoms with Crippen LogP contribution in [0.1, 0.15) is 0 Å². The standard InChI is InChI=1S/BH2N.ClHO4/c1-2;2-1(3,4)5/h2H2;(H,2,3,4,5). The minimum atomic E-state index is -4.69. The smallest absolute Gasteiger partial charge is 0.174 e. The van der Waals surface area contributed by atoms with Crippen molar-refractivity contribution in [2.75, 3.05) is 0 Å². The van der Waals surface area contributed by atoms with Crippen molar-refractivity contribution in [2.45, 2.75) is 0 Å². The molecule has 0 fully saturated rings. The zero-order valence-electron chi connectivity index (χ0n) is 3.20. The van der Waals surface area contributed by atoms with Crippen molar-refractivity contribution in [3.8, 4) is 0 Å². The molecule has 0 bridgehead atoms. The second kappa shape index (κ2) is 4.32. The maximum Gasteiger partial charge on any atom is 0.174 e. The van der Waals surface area contributed by atoms with Gasteiger partial charge in [0, 0.05) is 0 Å². The normalized spacial score (nSPS) is 9.29. The molecule has 7 heavy (non-hydrogen) atoms. The fourth-order valence-electron chi connectivity index (χ4n) is 0. The van der Waals surface area contributed by atoms with Crippen LogP contribution in [0, 0.1) is 10.2 Å². The Kier molecular flexibility index (Phi) is 6.29. The fraction of sp³-hybridized carbons (Fsp3) is 0. The predicted molar refractivity (Wildman–Crippen MR) is 12.2 cm³/mol. The first kappa shape index (κ1) is 10.2. The van der Waals surface area contributed by atoms with Gasteiger partial charge in [-0.15, -0.1) is 0 Å². The van der Waals surface area contributed by atoms with Crippen LogP contribution in [-0.2, 0) is 0 Å². The molecule has 0 saturated carbocycles. The fourth-order valence-corrected chi connectivity index (χ4v) is 0. The van der Waals surface area contributed by atoms with Gasteiger partial charge < -0.3 is 5.64 Å². The highest BCUT2D eigenvalue weighted by Gasteiger charge is 1.98. The summed E-state index contributed by atoms with van der Waals surface area (Å²) >= 11 is 0. The van der Waals surface area contributed by atoms with E-state index < -0.39 is 10.2 Å². The van der Waals surface area contributed by atoms with Crippen LogP contribution in [-0.4, -0.2) is 12.6 Å². The molecule has 0 aliphatic rings. The van der Waals surface area contributed by atoms with Crippen molar-refractivity contribution in [1.82, 2.24) is 0 Å². The summed E-state index contributed by atoms with van der Waals surface area (Å²) in [5, 5.41) is 0. The molecule has 0 heterocycles. The van der Waals surface area contributed by atoms with Crippen LogP contribution in [0.4, 0.5) is 0 Å². The Balaban J connectivity index is 0. The minimum Gasteiger partial charge on any atom is -0.380 e. The van der Waals surface area contributed by atoms with Gasteiger partial charge in [0.05, 0.1) is 14.9 Å². The molecule has 0 unspecified atom stereocenters. The Labute approximate surface area is 43.5 Å². The number of hydrogen-bond donors (Lipinski definition) is 2. The van der Waals surface area contributed by atoms with E-state index in [0.29, 0.717) is 0 Å². The van der Waals surface area contributed by atoms with Crippen molar-refractivity contribution in [3.05, 3.63) is 0 Å². The first-order valence-corrected chi connectivity index (χ1v) is 2.23. The summed E-state index contributed by atoms with van der Waals surface area (Å²) in [6.07, 6.45) is 0. The molecule has 0 spiro atoms. The lowest BCUT2D eigenvalue weighted by Crippen LogP contribution is -2.58. The molecule has 2 radical (unpaired) electrons. The van der Waals surface area contributed by atoms with Gasteiger partial charge in [-0.25, -0.2) is 0 Å². The molecule has 5 nitrogen and oxygen atoms in total. The largest absolute Gasteiger partial charge is 0.380 e. The topological polar surface area (TPSA) is 115 Å². The van der Waals surface area contributed by atoms with Crippen LogP contribution >= 0.6 is 0 Å². The van der Waals surface area contributed by atoms with Crippen molar-refractivity contribution < 1.29 is 28.9 Å². The number of nitrogens with two attached hydrogens (primary N) is 1. The van der Waals surface area contributed by atoms with Gasteiger partial charge in [-0.3, -0.25) is 0 Å². The average Bonchev–Trinajstić information content (AvgIpc) is 1.36. The molecule has 0 aliphatic carbocycles. The van der Waals surface area contributed by atoms with Gasteiger partial charge in [-0.2, -0.15) is 14.0 Å². The summed E-state index contributed by atoms with van der Waals surface area (Å²) in [5.74, 6) is 0. The molecule has 0 aromatic heterocycles. The third-order valence-corrected chi connectivity index (χ3v) is 0. The van der Waals surface area contributed by atoms with E-state index in [0.717, 1.165) is 0 Å². The van der Waals surface area contributed by atoms with Crippen LogP contribution in [0.25, 0.3) is 0 Å². The zero-order valence-corrected chi connectivity index (χ0v) is 3.96. The van der Waals surface area contributed by atoms with Gasteiger partial charge in [0.2, 0.25) is 0 Å². The number of hydrogen-bond acceptors (Lipinski definition) is 5. The molecule has 0 atom stereocenters. The molecular formula is H3BClNO4. The van der Waals surface area contributed by atoms with Crippen molar-refractivity contribution in [1.29, 1.82) is 0 Å². The van der Waals surface area contributed by atoms with Crippen LogP contribution in [0.15, 0.2) is 0 Å². The highest BCUT2D eigenvalue weighted by atomic mass is 35.7. The van der Waals surface area contributed by atoms with Crippen LogP contribution in [0.2, 0.25) is 0 Å². The maximum atomic E-state index is 8.60. The Hall–Kier alpha value is 0.155.